The smallest absolute Gasteiger partial charge is 0.417 e. The second-order valence-electron chi connectivity index (χ2n) is 18.5. The summed E-state index contributed by atoms with van der Waals surface area (Å²) in [5.74, 6) is 0.0630. The molecule has 4 aromatic heterocycles. The van der Waals surface area contributed by atoms with Crippen LogP contribution in [0.5, 0.6) is 23.4 Å². The van der Waals surface area contributed by atoms with E-state index in [0.29, 0.717) is 54.5 Å². The molecule has 19 heteroatoms. The Labute approximate surface area is 407 Å². The van der Waals surface area contributed by atoms with E-state index in [9.17, 15) is 0 Å². The number of likely N-dealkylation sites (tertiary alicyclic amines) is 1. The summed E-state index contributed by atoms with van der Waals surface area (Å²) in [6.07, 6.45) is 0.178. The number of aromatic nitrogens is 6. The van der Waals surface area contributed by atoms with Crippen LogP contribution in [0.15, 0.2) is 73.1 Å². The van der Waals surface area contributed by atoms with Crippen molar-refractivity contribution in [3.05, 3.63) is 113 Å². The Bertz CT molecular complexity index is 3030. The number of nitrogens with zero attached hydrogens (tertiary/aromatic N) is 9. The van der Waals surface area contributed by atoms with Crippen LogP contribution in [0.1, 0.15) is 79.6 Å². The Morgan fingerprint density at radius 1 is 0.901 bits per heavy atom. The molecule has 3 aliphatic rings. The first-order chi connectivity index (χ1) is 34.2. The number of pyridine rings is 2. The van der Waals surface area contributed by atoms with Gasteiger partial charge in [-0.15, -0.1) is 0 Å². The first-order valence-corrected chi connectivity index (χ1v) is 23.7. The van der Waals surface area contributed by atoms with Crippen LogP contribution in [-0.2, 0) is 24.0 Å². The predicted octanol–water partition coefficient (Wildman–Crippen LogP) is 10.4. The van der Waals surface area contributed by atoms with Gasteiger partial charge in [0.15, 0.2) is 12.0 Å². The van der Waals surface area contributed by atoms with Gasteiger partial charge in [0.05, 0.1) is 49.8 Å². The van der Waals surface area contributed by atoms with E-state index in [-0.39, 0.29) is 58.8 Å². The summed E-state index contributed by atoms with van der Waals surface area (Å²) in [5.41, 5.74) is -0.0359. The molecule has 0 amide bonds. The van der Waals surface area contributed by atoms with Crippen molar-refractivity contribution in [2.75, 3.05) is 57.4 Å². The number of halogens is 5. The predicted molar refractivity (Wildman–Crippen MR) is 257 cm³/mol. The molecule has 7 heterocycles. The van der Waals surface area contributed by atoms with Crippen molar-refractivity contribution in [1.29, 1.82) is 0 Å². The van der Waals surface area contributed by atoms with Gasteiger partial charge in [-0.25, -0.2) is 23.4 Å². The molecule has 372 valence electrons. The minimum Gasteiger partial charge on any atom is -0.497 e. The van der Waals surface area contributed by atoms with Gasteiger partial charge in [0.25, 0.3) is 0 Å². The van der Waals surface area contributed by atoms with Crippen LogP contribution in [0, 0.1) is 18.6 Å². The third kappa shape index (κ3) is 9.20. The van der Waals surface area contributed by atoms with E-state index in [4.69, 9.17) is 33.7 Å². The molecular formula is C52H54F5N9O5. The van der Waals surface area contributed by atoms with Crippen LogP contribution >= 0.6 is 0 Å². The molecule has 14 nitrogen and oxygen atoms in total. The second kappa shape index (κ2) is 19.4. The molecule has 2 fully saturated rings. The number of alkyl halides is 3. The van der Waals surface area contributed by atoms with Gasteiger partial charge in [-0.1, -0.05) is 24.3 Å². The monoisotopic (exact) mass is 979 g/mol. The minimum absolute atomic E-state index is 0.0125. The second-order valence-corrected chi connectivity index (χ2v) is 18.5. The Hall–Kier alpha value is -6.86. The summed E-state index contributed by atoms with van der Waals surface area (Å²) < 4.78 is 111. The highest BCUT2D eigenvalue weighted by atomic mass is 19.4. The van der Waals surface area contributed by atoms with Crippen molar-refractivity contribution in [3.63, 3.8) is 0 Å². The van der Waals surface area contributed by atoms with Crippen LogP contribution < -0.4 is 28.7 Å². The van der Waals surface area contributed by atoms with Crippen molar-refractivity contribution in [3.8, 4) is 34.6 Å². The van der Waals surface area contributed by atoms with Gasteiger partial charge in [-0.3, -0.25) is 4.90 Å². The van der Waals surface area contributed by atoms with Gasteiger partial charge in [0, 0.05) is 42.3 Å². The fourth-order valence-electron chi connectivity index (χ4n) is 9.98. The summed E-state index contributed by atoms with van der Waals surface area (Å²) in [4.78, 5) is 24.9. The van der Waals surface area contributed by atoms with Gasteiger partial charge in [-0.05, 0) is 113 Å². The average molecular weight is 980 g/mol. The Morgan fingerprint density at radius 2 is 1.61 bits per heavy atom. The minimum atomic E-state index is -4.93. The third-order valence-corrected chi connectivity index (χ3v) is 13.9. The van der Waals surface area contributed by atoms with Crippen molar-refractivity contribution < 1.29 is 45.6 Å². The fourth-order valence-corrected chi connectivity index (χ4v) is 9.98. The SMILES string of the molecule is COc1ccc(CN(Cc2ccc(OC)cc2)c2ncc(F)cc2[C@@H](C)N2c3nc(OC[C@H]4CCN4C)nc4c(F)c(-c5c(C(F)(F)F)c(C)cc6c5cnn6C5CCCCO5)nc(c34)OC[C@@H]2C)cc1. The molecule has 0 radical (unpaired) electrons. The molecule has 10 rings (SSSR count). The lowest BCUT2D eigenvalue weighted by molar-refractivity contribution is -0.137. The number of likely N-dealkylation sites (N-methyl/N-ethyl adjacent to an activating group) is 1. The topological polar surface area (TPSA) is 125 Å². The van der Waals surface area contributed by atoms with Crippen LogP contribution in [0.25, 0.3) is 33.1 Å². The number of ether oxygens (including phenoxy) is 5. The Kier molecular flexibility index (Phi) is 13.1. The Morgan fingerprint density at radius 3 is 2.21 bits per heavy atom. The van der Waals surface area contributed by atoms with Gasteiger partial charge in [-0.2, -0.15) is 28.2 Å². The number of benzene rings is 3. The van der Waals surface area contributed by atoms with Crippen molar-refractivity contribution in [2.45, 2.75) is 90.1 Å². The number of rotatable bonds is 14. The summed E-state index contributed by atoms with van der Waals surface area (Å²) in [7, 11) is 5.15. The summed E-state index contributed by atoms with van der Waals surface area (Å²) in [6.45, 7) is 7.20. The van der Waals surface area contributed by atoms with Crippen molar-refractivity contribution in [1.82, 2.24) is 34.6 Å². The van der Waals surface area contributed by atoms with Gasteiger partial charge < -0.3 is 33.5 Å². The number of hydrogen-bond donors (Lipinski definition) is 0. The molecular weight excluding hydrogens is 926 g/mol. The van der Waals surface area contributed by atoms with Crippen LogP contribution in [-0.4, -0.2) is 94.3 Å². The van der Waals surface area contributed by atoms with E-state index < -0.39 is 52.9 Å². The van der Waals surface area contributed by atoms with Gasteiger partial charge >= 0.3 is 12.2 Å². The molecule has 0 aliphatic carbocycles. The maximum Gasteiger partial charge on any atom is 0.417 e. The molecule has 0 N–H and O–H groups in total. The average Bonchev–Trinajstić information content (AvgIpc) is 3.73. The lowest BCUT2D eigenvalue weighted by Crippen LogP contribution is -2.48. The largest absolute Gasteiger partial charge is 0.497 e. The molecule has 0 spiro atoms. The van der Waals surface area contributed by atoms with E-state index >= 15 is 22.0 Å². The number of fused-ring (bicyclic) bond motifs is 1. The summed E-state index contributed by atoms with van der Waals surface area (Å²) in [6, 6.07) is 16.6. The molecule has 3 aromatic carbocycles. The van der Waals surface area contributed by atoms with E-state index in [2.05, 4.69) is 20.0 Å². The van der Waals surface area contributed by atoms with E-state index in [1.54, 1.807) is 18.9 Å². The van der Waals surface area contributed by atoms with Crippen LogP contribution in [0.2, 0.25) is 0 Å². The molecule has 4 atom stereocenters. The van der Waals surface area contributed by atoms with E-state index in [1.165, 1.54) is 31.5 Å². The quantitative estimate of drug-likeness (QED) is 0.0961. The molecule has 2 saturated heterocycles. The van der Waals surface area contributed by atoms with Gasteiger partial charge in [0.1, 0.15) is 58.8 Å². The maximum absolute atomic E-state index is 18.0. The van der Waals surface area contributed by atoms with Gasteiger partial charge in [0.2, 0.25) is 5.88 Å². The Balaban J connectivity index is 1.14. The lowest BCUT2D eigenvalue weighted by Gasteiger charge is -2.37. The van der Waals surface area contributed by atoms with Crippen molar-refractivity contribution in [2.24, 2.45) is 0 Å². The van der Waals surface area contributed by atoms with Crippen molar-refractivity contribution >= 4 is 33.4 Å². The number of methoxy groups -OCH3 is 2. The number of anilines is 2. The molecule has 3 aliphatic heterocycles. The normalized spacial score (nSPS) is 18.7. The zero-order valence-corrected chi connectivity index (χ0v) is 40.3. The maximum atomic E-state index is 18.0. The summed E-state index contributed by atoms with van der Waals surface area (Å²) in [5, 5.41) is 4.56. The molecule has 1 unspecified atom stereocenters. The first-order valence-electron chi connectivity index (χ1n) is 23.7. The molecule has 71 heavy (non-hydrogen) atoms. The molecule has 0 bridgehead atoms. The van der Waals surface area contributed by atoms with Crippen LogP contribution in [0.4, 0.5) is 33.6 Å². The third-order valence-electron chi connectivity index (χ3n) is 13.9. The lowest BCUT2D eigenvalue weighted by atomic mass is 9.94. The fraction of sp³-hybridized carbons (Fsp3) is 0.404. The van der Waals surface area contributed by atoms with E-state index in [1.807, 2.05) is 79.2 Å². The highest BCUT2D eigenvalue weighted by Crippen LogP contribution is 2.49. The highest BCUT2D eigenvalue weighted by Gasteiger charge is 2.41. The van der Waals surface area contributed by atoms with Crippen LogP contribution in [0.3, 0.4) is 0 Å². The highest BCUT2D eigenvalue weighted by molar-refractivity contribution is 6.02. The summed E-state index contributed by atoms with van der Waals surface area (Å²) >= 11 is 0. The zero-order valence-electron chi connectivity index (χ0n) is 40.3. The standard InChI is InChI=1S/C52H54F5N9O5/c1-29-21-40-39(24-59-66(40)41-9-7-8-20-69-41)42(44(29)52(55,56)57)46-45(54)47-43-49(62-51(61-47)71-28-35-18-19-63(35)4)65(30(2)27-70-50(43)60-46)31(3)38-22-34(53)23-58-48(38)64(25-32-10-14-36(67-5)15-11-32)26-33-12-16-37(68-6)17-13-33/h10-17,21-24,30-31,35,41H,7-9,18-20,25-28H2,1-6H3/t30-,31+,35+,41?/m0/s1. The number of aryl methyl sites for hydroxylation is 1. The number of hydrogen-bond acceptors (Lipinski definition) is 13. The molecule has 0 saturated carbocycles. The van der Waals surface area contributed by atoms with E-state index in [0.717, 1.165) is 36.9 Å². The zero-order chi connectivity index (χ0) is 49.7. The first kappa shape index (κ1) is 47.8. The molecule has 7 aromatic rings.